The van der Waals surface area contributed by atoms with Crippen LogP contribution >= 0.6 is 22.7 Å². The number of ether oxygens (including phenoxy) is 1. The van der Waals surface area contributed by atoms with E-state index in [0.717, 1.165) is 16.2 Å². The minimum Gasteiger partial charge on any atom is -0.494 e. The van der Waals surface area contributed by atoms with Crippen LogP contribution in [0.1, 0.15) is 11.8 Å². The van der Waals surface area contributed by atoms with Crippen molar-refractivity contribution < 1.29 is 9.53 Å². The molecule has 2 aromatic heterocycles. The third kappa shape index (κ3) is 4.95. The molecule has 0 aliphatic heterocycles. The first-order chi connectivity index (χ1) is 16.1. The van der Waals surface area contributed by atoms with Crippen molar-refractivity contribution in [1.29, 1.82) is 5.26 Å². The molecule has 6 nitrogen and oxygen atoms in total. The van der Waals surface area contributed by atoms with Gasteiger partial charge in [-0.15, -0.1) is 22.7 Å². The number of nitrogens with one attached hydrogen (secondary N) is 1. The van der Waals surface area contributed by atoms with E-state index in [1.54, 1.807) is 54.6 Å². The Bertz CT molecular complexity index is 1480. The first-order valence-corrected chi connectivity index (χ1v) is 11.8. The van der Waals surface area contributed by atoms with Crippen molar-refractivity contribution in [2.45, 2.75) is 6.92 Å². The molecule has 0 saturated heterocycles. The predicted molar refractivity (Wildman–Crippen MR) is 132 cm³/mol. The van der Waals surface area contributed by atoms with Crippen molar-refractivity contribution in [1.82, 2.24) is 4.57 Å². The number of aromatic nitrogens is 1. The van der Waals surface area contributed by atoms with Crippen LogP contribution in [0.2, 0.25) is 0 Å². The molecule has 2 aromatic carbocycles. The Labute approximate surface area is 198 Å². The van der Waals surface area contributed by atoms with E-state index < -0.39 is 5.91 Å². The number of thiophene rings is 1. The normalized spacial score (nSPS) is 12.2. The van der Waals surface area contributed by atoms with E-state index in [0.29, 0.717) is 28.3 Å². The summed E-state index contributed by atoms with van der Waals surface area (Å²) in [5.41, 5.74) is 0.685. The van der Waals surface area contributed by atoms with Crippen LogP contribution in [-0.4, -0.2) is 17.1 Å². The molecule has 1 N–H and O–H groups in total. The fraction of sp³-hybridized carbons (Fsp3) is 0.0800. The van der Waals surface area contributed by atoms with Gasteiger partial charge >= 0.3 is 0 Å². The minimum absolute atomic E-state index is 0.138. The van der Waals surface area contributed by atoms with Crippen LogP contribution in [-0.2, 0) is 4.79 Å². The Hall–Kier alpha value is -3.93. The standard InChI is InChI=1S/C25H19N3O3S2/c1-2-31-19-12-10-17(11-13-19)27-23(29)21(16-26)25-28(18-7-4-3-5-8-18)24(30)22(33-25)15-20-9-6-14-32-20/h3-15H,2H2,1H3,(H,27,29)/b22-15+,25-21+. The molecule has 8 heteroatoms. The number of benzene rings is 2. The third-order valence-corrected chi connectivity index (χ3v) is 6.54. The summed E-state index contributed by atoms with van der Waals surface area (Å²) in [5.74, 6) is 0.0974. The number of para-hydroxylation sites is 1. The Morgan fingerprint density at radius 3 is 2.52 bits per heavy atom. The number of rotatable bonds is 6. The van der Waals surface area contributed by atoms with Gasteiger partial charge in [0.2, 0.25) is 0 Å². The molecule has 0 unspecified atom stereocenters. The van der Waals surface area contributed by atoms with E-state index in [1.165, 1.54) is 15.9 Å². The molecule has 0 spiro atoms. The van der Waals surface area contributed by atoms with Crippen LogP contribution < -0.4 is 24.8 Å². The molecule has 1 amide bonds. The molecule has 4 aromatic rings. The fourth-order valence-electron chi connectivity index (χ4n) is 3.15. The van der Waals surface area contributed by atoms with Gasteiger partial charge in [-0.25, -0.2) is 0 Å². The Morgan fingerprint density at radius 1 is 1.12 bits per heavy atom. The van der Waals surface area contributed by atoms with Crippen molar-refractivity contribution in [2.24, 2.45) is 0 Å². The number of hydrogen-bond acceptors (Lipinski definition) is 6. The lowest BCUT2D eigenvalue weighted by atomic mass is 10.2. The molecule has 2 heterocycles. The van der Waals surface area contributed by atoms with E-state index in [4.69, 9.17) is 4.74 Å². The highest BCUT2D eigenvalue weighted by atomic mass is 32.1. The molecule has 0 radical (unpaired) electrons. The van der Waals surface area contributed by atoms with Crippen LogP contribution in [0.4, 0.5) is 5.69 Å². The van der Waals surface area contributed by atoms with Crippen molar-refractivity contribution in [2.75, 3.05) is 11.9 Å². The highest BCUT2D eigenvalue weighted by Gasteiger charge is 2.17. The second kappa shape index (κ2) is 10.1. The molecule has 0 saturated carbocycles. The number of thiazole rings is 1. The molecular formula is C25H19N3O3S2. The Balaban J connectivity index is 1.85. The first-order valence-electron chi connectivity index (χ1n) is 10.1. The summed E-state index contributed by atoms with van der Waals surface area (Å²) in [5, 5.41) is 14.6. The van der Waals surface area contributed by atoms with Gasteiger partial charge in [-0.1, -0.05) is 24.3 Å². The van der Waals surface area contributed by atoms with E-state index >= 15 is 0 Å². The van der Waals surface area contributed by atoms with Crippen molar-refractivity contribution >= 4 is 45.9 Å². The van der Waals surface area contributed by atoms with Gasteiger partial charge in [-0.3, -0.25) is 14.2 Å². The monoisotopic (exact) mass is 473 g/mol. The average molecular weight is 474 g/mol. The number of carbonyl (C=O) groups excluding carboxylic acids is 1. The van der Waals surface area contributed by atoms with E-state index in [-0.39, 0.29) is 15.8 Å². The van der Waals surface area contributed by atoms with Crippen molar-refractivity contribution in [3.05, 3.63) is 96.5 Å². The average Bonchev–Trinajstić information content (AvgIpc) is 3.45. The summed E-state index contributed by atoms with van der Waals surface area (Å²) in [4.78, 5) is 27.3. The summed E-state index contributed by atoms with van der Waals surface area (Å²) in [7, 11) is 0. The summed E-state index contributed by atoms with van der Waals surface area (Å²) in [6, 6.07) is 21.7. The van der Waals surface area contributed by atoms with Gasteiger partial charge in [-0.05, 0) is 60.8 Å². The van der Waals surface area contributed by atoms with Crippen LogP contribution in [0.3, 0.4) is 0 Å². The highest BCUT2D eigenvalue weighted by Crippen LogP contribution is 2.16. The topological polar surface area (TPSA) is 84.1 Å². The molecule has 0 bridgehead atoms. The zero-order valence-electron chi connectivity index (χ0n) is 17.6. The summed E-state index contributed by atoms with van der Waals surface area (Å²) in [6.45, 7) is 2.43. The van der Waals surface area contributed by atoms with Gasteiger partial charge in [-0.2, -0.15) is 5.26 Å². The maximum Gasteiger partial charge on any atom is 0.273 e. The SMILES string of the molecule is CCOc1ccc(NC(=O)/C(C#N)=c2/s/c(=C/c3cccs3)c(=O)n2-c2ccccc2)cc1. The maximum atomic E-state index is 13.3. The second-order valence-corrected chi connectivity index (χ2v) is 8.82. The lowest BCUT2D eigenvalue weighted by Gasteiger charge is -2.07. The number of amides is 1. The number of nitrogens with zero attached hydrogens (tertiary/aromatic N) is 2. The van der Waals surface area contributed by atoms with Crippen molar-refractivity contribution in [3.63, 3.8) is 0 Å². The van der Waals surface area contributed by atoms with Gasteiger partial charge in [0.1, 0.15) is 16.5 Å². The summed E-state index contributed by atoms with van der Waals surface area (Å²) >= 11 is 2.63. The lowest BCUT2D eigenvalue weighted by molar-refractivity contribution is -0.111. The number of hydrogen-bond donors (Lipinski definition) is 1. The van der Waals surface area contributed by atoms with Gasteiger partial charge in [0.15, 0.2) is 5.57 Å². The molecule has 0 atom stereocenters. The molecule has 0 aliphatic carbocycles. The lowest BCUT2D eigenvalue weighted by Crippen LogP contribution is -2.32. The molecule has 4 rings (SSSR count). The third-order valence-electron chi connectivity index (χ3n) is 4.63. The number of anilines is 1. The van der Waals surface area contributed by atoms with Gasteiger partial charge in [0.25, 0.3) is 11.5 Å². The second-order valence-electron chi connectivity index (χ2n) is 6.81. The summed E-state index contributed by atoms with van der Waals surface area (Å²) in [6.07, 6.45) is 1.78. The molecule has 164 valence electrons. The van der Waals surface area contributed by atoms with E-state index in [9.17, 15) is 14.9 Å². The number of carbonyl (C=O) groups is 1. The highest BCUT2D eigenvalue weighted by molar-refractivity contribution is 7.11. The van der Waals surface area contributed by atoms with Crippen molar-refractivity contribution in [3.8, 4) is 17.5 Å². The Kier molecular flexibility index (Phi) is 6.83. The zero-order chi connectivity index (χ0) is 23.2. The summed E-state index contributed by atoms with van der Waals surface area (Å²) < 4.78 is 7.56. The van der Waals surface area contributed by atoms with E-state index in [1.807, 2.05) is 36.6 Å². The van der Waals surface area contributed by atoms with Gasteiger partial charge in [0, 0.05) is 10.6 Å². The maximum absolute atomic E-state index is 13.3. The molecule has 33 heavy (non-hydrogen) atoms. The van der Waals surface area contributed by atoms with Crippen LogP contribution in [0.15, 0.2) is 76.9 Å². The quantitative estimate of drug-likeness (QED) is 0.465. The largest absolute Gasteiger partial charge is 0.494 e. The van der Waals surface area contributed by atoms with Crippen LogP contribution in [0, 0.1) is 11.3 Å². The zero-order valence-corrected chi connectivity index (χ0v) is 19.3. The Morgan fingerprint density at radius 2 is 1.88 bits per heavy atom. The number of nitriles is 1. The minimum atomic E-state index is -0.588. The smallest absolute Gasteiger partial charge is 0.273 e. The van der Waals surface area contributed by atoms with Gasteiger partial charge < -0.3 is 10.1 Å². The van der Waals surface area contributed by atoms with Gasteiger partial charge in [0.05, 0.1) is 16.8 Å². The van der Waals surface area contributed by atoms with E-state index in [2.05, 4.69) is 5.32 Å². The van der Waals surface area contributed by atoms with Crippen LogP contribution in [0.25, 0.3) is 17.3 Å². The molecule has 0 fully saturated rings. The predicted octanol–water partition coefficient (Wildman–Crippen LogP) is 3.50. The molecular weight excluding hydrogens is 454 g/mol. The molecule has 0 aliphatic rings. The fourth-order valence-corrected chi connectivity index (χ4v) is 4.98. The first kappa shape index (κ1) is 22.3. The van der Waals surface area contributed by atoms with Crippen LogP contribution in [0.5, 0.6) is 5.75 Å².